The molecule has 1 heterocycles. The van der Waals surface area contributed by atoms with E-state index >= 15 is 0 Å². The lowest BCUT2D eigenvalue weighted by Gasteiger charge is -2.08. The number of rotatable bonds is 4. The maximum Gasteiger partial charge on any atom is 0.0842 e. The van der Waals surface area contributed by atoms with E-state index in [2.05, 4.69) is 44.0 Å². The molecular weight excluding hydrogens is 254 g/mol. The first kappa shape index (κ1) is 15.7. The van der Waals surface area contributed by atoms with E-state index in [0.29, 0.717) is 0 Å². The van der Waals surface area contributed by atoms with Crippen LogP contribution in [0.15, 0.2) is 36.1 Å². The number of hydrogen-bond donors (Lipinski definition) is 0. The van der Waals surface area contributed by atoms with E-state index < -0.39 is 0 Å². The maximum absolute atomic E-state index is 6.23. The fourth-order valence-corrected chi connectivity index (χ4v) is 2.18. The maximum atomic E-state index is 6.23. The van der Waals surface area contributed by atoms with Crippen molar-refractivity contribution in [2.45, 2.75) is 41.0 Å². The molecule has 1 aromatic rings. The molecule has 0 saturated carbocycles. The van der Waals surface area contributed by atoms with E-state index in [1.54, 1.807) is 0 Å². The van der Waals surface area contributed by atoms with E-state index in [4.69, 9.17) is 11.6 Å². The van der Waals surface area contributed by atoms with Crippen LogP contribution >= 0.6 is 11.6 Å². The number of aromatic nitrogens is 1. The van der Waals surface area contributed by atoms with Gasteiger partial charge in [-0.25, -0.2) is 0 Å². The van der Waals surface area contributed by atoms with Gasteiger partial charge in [-0.3, -0.25) is 4.98 Å². The van der Waals surface area contributed by atoms with Crippen molar-refractivity contribution in [3.8, 4) is 0 Å². The highest BCUT2D eigenvalue weighted by atomic mass is 35.5. The van der Waals surface area contributed by atoms with Gasteiger partial charge in [-0.05, 0) is 56.9 Å². The molecule has 1 rings (SSSR count). The molecule has 0 bridgehead atoms. The molecule has 0 N–H and O–H groups in total. The van der Waals surface area contributed by atoms with Crippen molar-refractivity contribution in [1.29, 1.82) is 0 Å². The van der Waals surface area contributed by atoms with Gasteiger partial charge in [0.1, 0.15) is 0 Å². The highest BCUT2D eigenvalue weighted by Crippen LogP contribution is 2.24. The first-order valence-corrected chi connectivity index (χ1v) is 7.01. The fourth-order valence-electron chi connectivity index (χ4n) is 1.82. The van der Waals surface area contributed by atoms with Gasteiger partial charge < -0.3 is 0 Å². The van der Waals surface area contributed by atoms with Gasteiger partial charge in [-0.15, -0.1) is 0 Å². The topological polar surface area (TPSA) is 12.9 Å². The van der Waals surface area contributed by atoms with Crippen LogP contribution < -0.4 is 0 Å². The molecule has 0 aliphatic heterocycles. The summed E-state index contributed by atoms with van der Waals surface area (Å²) in [6, 6.07) is 2.14. The van der Waals surface area contributed by atoms with Crippen LogP contribution in [0.5, 0.6) is 0 Å². The molecule has 19 heavy (non-hydrogen) atoms. The summed E-state index contributed by atoms with van der Waals surface area (Å²) in [5, 5.41) is 0.734. The van der Waals surface area contributed by atoms with Gasteiger partial charge in [0.05, 0.1) is 10.7 Å². The van der Waals surface area contributed by atoms with Crippen LogP contribution in [0.2, 0.25) is 0 Å². The largest absolute Gasteiger partial charge is 0.254 e. The Labute approximate surface area is 121 Å². The molecule has 1 aromatic heterocycles. The SMILES string of the molecule is C/C=C(C)\C=C(/C)c1cnc(/C(Cl)=C\CC)c(C)c1. The van der Waals surface area contributed by atoms with Crippen LogP contribution in [0.1, 0.15) is 50.9 Å². The van der Waals surface area contributed by atoms with Crippen molar-refractivity contribution in [3.63, 3.8) is 0 Å². The monoisotopic (exact) mass is 275 g/mol. The van der Waals surface area contributed by atoms with Crippen LogP contribution in [-0.4, -0.2) is 4.98 Å². The second-order valence-corrected chi connectivity index (χ2v) is 5.12. The van der Waals surface area contributed by atoms with E-state index in [9.17, 15) is 0 Å². The summed E-state index contributed by atoms with van der Waals surface area (Å²) in [4.78, 5) is 4.49. The Kier molecular flexibility index (Phi) is 6.04. The third-order valence-corrected chi connectivity index (χ3v) is 3.38. The molecule has 0 unspecified atom stereocenters. The molecule has 0 radical (unpaired) electrons. The number of halogens is 1. The number of pyridine rings is 1. The van der Waals surface area contributed by atoms with Gasteiger partial charge in [-0.1, -0.05) is 42.3 Å². The molecule has 0 amide bonds. The van der Waals surface area contributed by atoms with Gasteiger partial charge in [0, 0.05) is 6.20 Å². The smallest absolute Gasteiger partial charge is 0.0842 e. The number of hydrogen-bond acceptors (Lipinski definition) is 1. The average Bonchev–Trinajstić information content (AvgIpc) is 2.38. The Bertz CT molecular complexity index is 536. The Morgan fingerprint density at radius 3 is 2.58 bits per heavy atom. The molecule has 102 valence electrons. The van der Waals surface area contributed by atoms with E-state index in [1.807, 2.05) is 26.1 Å². The molecule has 0 aliphatic rings. The van der Waals surface area contributed by atoms with Gasteiger partial charge in [-0.2, -0.15) is 0 Å². The van der Waals surface area contributed by atoms with Crippen LogP contribution in [-0.2, 0) is 0 Å². The first-order valence-electron chi connectivity index (χ1n) is 6.63. The third-order valence-electron chi connectivity index (χ3n) is 3.04. The molecule has 2 heteroatoms. The molecule has 0 saturated heterocycles. The molecular formula is C17H22ClN. The predicted octanol–water partition coefficient (Wildman–Crippen LogP) is 5.75. The zero-order valence-electron chi connectivity index (χ0n) is 12.4. The van der Waals surface area contributed by atoms with E-state index in [-0.39, 0.29) is 0 Å². The first-order chi connectivity index (χ1) is 8.99. The van der Waals surface area contributed by atoms with Crippen LogP contribution in [0, 0.1) is 6.92 Å². The zero-order valence-corrected chi connectivity index (χ0v) is 13.2. The second-order valence-electron chi connectivity index (χ2n) is 4.71. The van der Waals surface area contributed by atoms with Crippen molar-refractivity contribution < 1.29 is 0 Å². The van der Waals surface area contributed by atoms with Gasteiger partial charge in [0.2, 0.25) is 0 Å². The third kappa shape index (κ3) is 4.36. The van der Waals surface area contributed by atoms with E-state index in [1.165, 1.54) is 11.1 Å². The Hall–Kier alpha value is -1.34. The zero-order chi connectivity index (χ0) is 14.4. The molecule has 0 aromatic carbocycles. The number of aryl methyl sites for hydroxylation is 1. The molecule has 1 nitrogen and oxygen atoms in total. The van der Waals surface area contributed by atoms with Crippen LogP contribution in [0.25, 0.3) is 10.6 Å². The fraction of sp³-hybridized carbons (Fsp3) is 0.353. The van der Waals surface area contributed by atoms with Crippen molar-refractivity contribution in [3.05, 3.63) is 52.9 Å². The summed E-state index contributed by atoms with van der Waals surface area (Å²) in [6.07, 6.45) is 9.06. The van der Waals surface area contributed by atoms with Crippen LogP contribution in [0.4, 0.5) is 0 Å². The quantitative estimate of drug-likeness (QED) is 0.638. The van der Waals surface area contributed by atoms with Crippen LogP contribution in [0.3, 0.4) is 0 Å². The summed E-state index contributed by atoms with van der Waals surface area (Å²) in [5.41, 5.74) is 5.60. The summed E-state index contributed by atoms with van der Waals surface area (Å²) < 4.78 is 0. The van der Waals surface area contributed by atoms with Gasteiger partial charge >= 0.3 is 0 Å². The predicted molar refractivity (Wildman–Crippen MR) is 86.2 cm³/mol. The van der Waals surface area contributed by atoms with Crippen molar-refractivity contribution in [2.75, 3.05) is 0 Å². The Balaban J connectivity index is 3.14. The molecule has 0 fully saturated rings. The van der Waals surface area contributed by atoms with Gasteiger partial charge in [0.25, 0.3) is 0 Å². The normalized spacial score (nSPS) is 13.9. The van der Waals surface area contributed by atoms with Crippen molar-refractivity contribution in [1.82, 2.24) is 4.98 Å². The van der Waals surface area contributed by atoms with E-state index in [0.717, 1.165) is 28.3 Å². The summed E-state index contributed by atoms with van der Waals surface area (Å²) in [6.45, 7) is 10.4. The highest BCUT2D eigenvalue weighted by Gasteiger charge is 2.06. The van der Waals surface area contributed by atoms with Gasteiger partial charge in [0.15, 0.2) is 0 Å². The van der Waals surface area contributed by atoms with Crippen molar-refractivity contribution in [2.24, 2.45) is 0 Å². The minimum atomic E-state index is 0.734. The molecule has 0 aliphatic carbocycles. The summed E-state index contributed by atoms with van der Waals surface area (Å²) >= 11 is 6.23. The average molecular weight is 276 g/mol. The highest BCUT2D eigenvalue weighted by molar-refractivity contribution is 6.48. The van der Waals surface area contributed by atoms with Crippen molar-refractivity contribution >= 4 is 22.2 Å². The summed E-state index contributed by atoms with van der Waals surface area (Å²) in [7, 11) is 0. The lowest BCUT2D eigenvalue weighted by atomic mass is 10.0. The minimum Gasteiger partial charge on any atom is -0.254 e. The second kappa shape index (κ2) is 7.30. The lowest BCUT2D eigenvalue weighted by Crippen LogP contribution is -1.93. The lowest BCUT2D eigenvalue weighted by molar-refractivity contribution is 1.19. The summed E-state index contributed by atoms with van der Waals surface area (Å²) in [5.74, 6) is 0. The Morgan fingerprint density at radius 2 is 2.05 bits per heavy atom. The number of allylic oxidation sites excluding steroid dienone is 5. The number of nitrogens with zero attached hydrogens (tertiary/aromatic N) is 1. The standard InChI is InChI=1S/C17H22ClN/c1-6-8-16(18)17-14(5)10-15(11-19-17)13(4)9-12(3)7-2/h7-11H,6H2,1-5H3/b12-7-,13-9+,16-8+. The Morgan fingerprint density at radius 1 is 1.37 bits per heavy atom. The minimum absolute atomic E-state index is 0.734. The molecule has 0 spiro atoms. The molecule has 0 atom stereocenters.